The van der Waals surface area contributed by atoms with E-state index in [9.17, 15) is 4.79 Å². The largest absolute Gasteiger partial charge is 0.379 e. The number of ketones is 1. The van der Waals surface area contributed by atoms with Crippen LogP contribution >= 0.6 is 0 Å². The molecule has 3 heteroatoms. The summed E-state index contributed by atoms with van der Waals surface area (Å²) in [4.78, 5) is 11.1. The van der Waals surface area contributed by atoms with Gasteiger partial charge in [-0.3, -0.25) is 4.79 Å². The maximum Gasteiger partial charge on any atom is 0.160 e. The Morgan fingerprint density at radius 3 is 2.36 bits per heavy atom. The van der Waals surface area contributed by atoms with Crippen LogP contribution in [0.2, 0.25) is 0 Å². The van der Waals surface area contributed by atoms with E-state index in [4.69, 9.17) is 9.47 Å². The van der Waals surface area contributed by atoms with Gasteiger partial charge in [-0.25, -0.2) is 0 Å². The van der Waals surface area contributed by atoms with Gasteiger partial charge >= 0.3 is 0 Å². The van der Waals surface area contributed by atoms with Gasteiger partial charge < -0.3 is 9.47 Å². The summed E-state index contributed by atoms with van der Waals surface area (Å²) in [7, 11) is 0. The van der Waals surface area contributed by atoms with Crippen LogP contribution in [0.1, 0.15) is 33.6 Å². The predicted octanol–water partition coefficient (Wildman–Crippen LogP) is 2.04. The standard InChI is InChI=1S/C11H22O3/c1-4-5-6-13-7-8-14-9-11(12)10(2)3/h10H,4-9H2,1-3H3. The van der Waals surface area contributed by atoms with Gasteiger partial charge in [0.2, 0.25) is 0 Å². The summed E-state index contributed by atoms with van der Waals surface area (Å²) in [5.74, 6) is 0.217. The number of rotatable bonds is 9. The lowest BCUT2D eigenvalue weighted by Crippen LogP contribution is -2.16. The van der Waals surface area contributed by atoms with E-state index >= 15 is 0 Å². The van der Waals surface area contributed by atoms with Gasteiger partial charge in [0.05, 0.1) is 13.2 Å². The minimum absolute atomic E-state index is 0.0657. The van der Waals surface area contributed by atoms with E-state index in [-0.39, 0.29) is 18.3 Å². The molecule has 0 atom stereocenters. The molecule has 0 aliphatic carbocycles. The van der Waals surface area contributed by atoms with Crippen LogP contribution in [0.3, 0.4) is 0 Å². The van der Waals surface area contributed by atoms with Crippen LogP contribution in [0.25, 0.3) is 0 Å². The number of hydrogen-bond acceptors (Lipinski definition) is 3. The molecule has 0 unspecified atom stereocenters. The van der Waals surface area contributed by atoms with Crippen molar-refractivity contribution in [2.75, 3.05) is 26.4 Å². The van der Waals surface area contributed by atoms with E-state index in [1.807, 2.05) is 13.8 Å². The zero-order valence-corrected chi connectivity index (χ0v) is 9.54. The van der Waals surface area contributed by atoms with Crippen molar-refractivity contribution in [1.29, 1.82) is 0 Å². The first-order chi connectivity index (χ1) is 6.68. The van der Waals surface area contributed by atoms with Gasteiger partial charge in [0, 0.05) is 12.5 Å². The molecule has 0 radical (unpaired) electrons. The Morgan fingerprint density at radius 1 is 1.14 bits per heavy atom. The fraction of sp³-hybridized carbons (Fsp3) is 0.909. The van der Waals surface area contributed by atoms with Gasteiger partial charge in [0.1, 0.15) is 6.61 Å². The second kappa shape index (κ2) is 9.16. The zero-order chi connectivity index (χ0) is 10.8. The number of carbonyl (C=O) groups excluding carboxylic acids is 1. The summed E-state index contributed by atoms with van der Waals surface area (Å²) in [5, 5.41) is 0. The van der Waals surface area contributed by atoms with Crippen LogP contribution in [0.15, 0.2) is 0 Å². The molecule has 0 aromatic rings. The molecular weight excluding hydrogens is 180 g/mol. The maximum absolute atomic E-state index is 11.1. The third kappa shape index (κ3) is 8.20. The van der Waals surface area contributed by atoms with Crippen LogP contribution in [-0.2, 0) is 14.3 Å². The highest BCUT2D eigenvalue weighted by molar-refractivity contribution is 5.81. The normalized spacial score (nSPS) is 10.9. The van der Waals surface area contributed by atoms with Crippen LogP contribution in [0.4, 0.5) is 0 Å². The molecule has 0 aliphatic rings. The molecule has 0 saturated heterocycles. The van der Waals surface area contributed by atoms with Crippen molar-refractivity contribution in [3.8, 4) is 0 Å². The Labute approximate surface area is 86.8 Å². The molecule has 0 aliphatic heterocycles. The highest BCUT2D eigenvalue weighted by Crippen LogP contribution is 1.94. The van der Waals surface area contributed by atoms with Gasteiger partial charge in [0.25, 0.3) is 0 Å². The van der Waals surface area contributed by atoms with E-state index in [1.54, 1.807) is 0 Å². The minimum Gasteiger partial charge on any atom is -0.379 e. The van der Waals surface area contributed by atoms with Crippen molar-refractivity contribution in [3.05, 3.63) is 0 Å². The van der Waals surface area contributed by atoms with Crippen LogP contribution in [0.5, 0.6) is 0 Å². The summed E-state index contributed by atoms with van der Waals surface area (Å²) in [6, 6.07) is 0. The monoisotopic (exact) mass is 202 g/mol. The summed E-state index contributed by atoms with van der Waals surface area (Å²) in [5.41, 5.74) is 0. The van der Waals surface area contributed by atoms with Crippen molar-refractivity contribution in [3.63, 3.8) is 0 Å². The molecular formula is C11H22O3. The molecule has 0 heterocycles. The van der Waals surface area contributed by atoms with E-state index in [0.717, 1.165) is 19.4 Å². The molecule has 0 N–H and O–H groups in total. The number of hydrogen-bond donors (Lipinski definition) is 0. The minimum atomic E-state index is 0.0657. The van der Waals surface area contributed by atoms with E-state index < -0.39 is 0 Å². The van der Waals surface area contributed by atoms with E-state index in [1.165, 1.54) is 0 Å². The molecule has 0 bridgehead atoms. The number of unbranched alkanes of at least 4 members (excludes halogenated alkanes) is 1. The van der Waals surface area contributed by atoms with Gasteiger partial charge in [-0.15, -0.1) is 0 Å². The lowest BCUT2D eigenvalue weighted by molar-refractivity contribution is -0.127. The highest BCUT2D eigenvalue weighted by Gasteiger charge is 2.05. The summed E-state index contributed by atoms with van der Waals surface area (Å²) in [6.07, 6.45) is 2.23. The lowest BCUT2D eigenvalue weighted by atomic mass is 10.1. The Bertz CT molecular complexity index is 143. The van der Waals surface area contributed by atoms with Crippen molar-refractivity contribution >= 4 is 5.78 Å². The van der Waals surface area contributed by atoms with Gasteiger partial charge in [0.15, 0.2) is 5.78 Å². The molecule has 0 saturated carbocycles. The van der Waals surface area contributed by atoms with Crippen LogP contribution in [-0.4, -0.2) is 32.2 Å². The Balaban J connectivity index is 3.10. The smallest absolute Gasteiger partial charge is 0.160 e. The highest BCUT2D eigenvalue weighted by atomic mass is 16.5. The molecule has 84 valence electrons. The lowest BCUT2D eigenvalue weighted by Gasteiger charge is -2.06. The van der Waals surface area contributed by atoms with E-state index in [0.29, 0.717) is 13.2 Å². The van der Waals surface area contributed by atoms with Crippen molar-refractivity contribution in [1.82, 2.24) is 0 Å². The predicted molar refractivity (Wildman–Crippen MR) is 56.4 cm³/mol. The molecule has 3 nitrogen and oxygen atoms in total. The Hall–Kier alpha value is -0.410. The summed E-state index contributed by atoms with van der Waals surface area (Å²) < 4.78 is 10.4. The molecule has 14 heavy (non-hydrogen) atoms. The van der Waals surface area contributed by atoms with Crippen molar-refractivity contribution in [2.45, 2.75) is 33.6 Å². The first kappa shape index (κ1) is 13.6. The van der Waals surface area contributed by atoms with Gasteiger partial charge in [-0.1, -0.05) is 27.2 Å². The Kier molecular flexibility index (Phi) is 8.89. The molecule has 0 rings (SSSR count). The first-order valence-electron chi connectivity index (χ1n) is 5.36. The second-order valence-corrected chi connectivity index (χ2v) is 3.64. The third-order valence-electron chi connectivity index (χ3n) is 1.90. The average molecular weight is 202 g/mol. The fourth-order valence-electron chi connectivity index (χ4n) is 0.806. The fourth-order valence-corrected chi connectivity index (χ4v) is 0.806. The maximum atomic E-state index is 11.1. The SMILES string of the molecule is CCCCOCCOCC(=O)C(C)C. The molecule has 0 fully saturated rings. The Morgan fingerprint density at radius 2 is 1.79 bits per heavy atom. The molecule has 0 aromatic heterocycles. The van der Waals surface area contributed by atoms with Crippen molar-refractivity contribution < 1.29 is 14.3 Å². The summed E-state index contributed by atoms with van der Waals surface area (Å²) in [6.45, 7) is 7.99. The van der Waals surface area contributed by atoms with Gasteiger partial charge in [-0.05, 0) is 6.42 Å². The van der Waals surface area contributed by atoms with Crippen LogP contribution in [0, 0.1) is 5.92 Å². The second-order valence-electron chi connectivity index (χ2n) is 3.64. The number of carbonyl (C=O) groups is 1. The molecule has 0 amide bonds. The van der Waals surface area contributed by atoms with E-state index in [2.05, 4.69) is 6.92 Å². The van der Waals surface area contributed by atoms with Crippen molar-refractivity contribution in [2.24, 2.45) is 5.92 Å². The molecule has 0 aromatic carbocycles. The van der Waals surface area contributed by atoms with Gasteiger partial charge in [-0.2, -0.15) is 0 Å². The number of Topliss-reactive ketones (excluding diaryl/α,β-unsaturated/α-hetero) is 1. The first-order valence-corrected chi connectivity index (χ1v) is 5.36. The topological polar surface area (TPSA) is 35.5 Å². The molecule has 0 spiro atoms. The number of ether oxygens (including phenoxy) is 2. The van der Waals surface area contributed by atoms with Crippen LogP contribution < -0.4 is 0 Å². The third-order valence-corrected chi connectivity index (χ3v) is 1.90. The quantitative estimate of drug-likeness (QED) is 0.537. The average Bonchev–Trinajstić information content (AvgIpc) is 2.16. The summed E-state index contributed by atoms with van der Waals surface area (Å²) >= 11 is 0. The zero-order valence-electron chi connectivity index (χ0n) is 9.54.